The Morgan fingerprint density at radius 2 is 1.59 bits per heavy atom. The molecule has 9 heteroatoms. The van der Waals surface area contributed by atoms with Crippen LogP contribution in [0.3, 0.4) is 0 Å². The lowest BCUT2D eigenvalue weighted by Gasteiger charge is -2.17. The minimum atomic E-state index is -4.77. The molecule has 0 radical (unpaired) electrons. The molecule has 3 N–H and O–H groups in total. The van der Waals surface area contributed by atoms with Crippen molar-refractivity contribution in [1.29, 1.82) is 0 Å². The first-order chi connectivity index (χ1) is 13.6. The van der Waals surface area contributed by atoms with E-state index >= 15 is 0 Å². The molecule has 0 aliphatic rings. The van der Waals surface area contributed by atoms with Gasteiger partial charge in [0.05, 0.1) is 13.1 Å². The molecular formula is C20H23F3N3O3+. The number of hydrogen-bond acceptors (Lipinski definition) is 3. The van der Waals surface area contributed by atoms with Gasteiger partial charge in [0.1, 0.15) is 5.75 Å². The Labute approximate surface area is 166 Å². The number of nitrogens with one attached hydrogen (secondary N) is 3. The van der Waals surface area contributed by atoms with Gasteiger partial charge in [0.2, 0.25) is 0 Å². The van der Waals surface area contributed by atoms with Crippen LogP contribution in [0.15, 0.2) is 54.6 Å². The van der Waals surface area contributed by atoms with Gasteiger partial charge in [-0.3, -0.25) is 9.59 Å². The highest BCUT2D eigenvalue weighted by Crippen LogP contribution is 2.23. The molecule has 0 saturated carbocycles. The zero-order chi connectivity index (χ0) is 21.4. The van der Waals surface area contributed by atoms with Crippen LogP contribution >= 0.6 is 0 Å². The Kier molecular flexibility index (Phi) is 7.60. The lowest BCUT2D eigenvalue weighted by molar-refractivity contribution is -0.862. The van der Waals surface area contributed by atoms with Crippen molar-refractivity contribution in [1.82, 2.24) is 5.32 Å². The summed E-state index contributed by atoms with van der Waals surface area (Å²) in [4.78, 5) is 24.9. The molecule has 0 aliphatic carbocycles. The molecule has 29 heavy (non-hydrogen) atoms. The van der Waals surface area contributed by atoms with Crippen molar-refractivity contribution in [2.24, 2.45) is 0 Å². The van der Waals surface area contributed by atoms with E-state index in [9.17, 15) is 22.8 Å². The van der Waals surface area contributed by atoms with Crippen LogP contribution in [0.5, 0.6) is 5.75 Å². The fourth-order valence-electron chi connectivity index (χ4n) is 2.67. The third-order valence-electron chi connectivity index (χ3n) is 3.97. The molecule has 0 aromatic heterocycles. The zero-order valence-corrected chi connectivity index (χ0v) is 16.0. The molecule has 0 spiro atoms. The Morgan fingerprint density at radius 3 is 2.17 bits per heavy atom. The van der Waals surface area contributed by atoms with Crippen molar-refractivity contribution >= 4 is 17.5 Å². The van der Waals surface area contributed by atoms with Gasteiger partial charge in [-0.1, -0.05) is 30.3 Å². The van der Waals surface area contributed by atoms with E-state index < -0.39 is 6.36 Å². The predicted octanol–water partition coefficient (Wildman–Crippen LogP) is 1.92. The van der Waals surface area contributed by atoms with Gasteiger partial charge in [0, 0.05) is 5.69 Å². The van der Waals surface area contributed by atoms with Gasteiger partial charge in [-0.25, -0.2) is 0 Å². The van der Waals surface area contributed by atoms with E-state index in [1.165, 1.54) is 12.1 Å². The molecule has 6 nitrogen and oxygen atoms in total. The van der Waals surface area contributed by atoms with Gasteiger partial charge in [-0.05, 0) is 36.8 Å². The molecule has 0 bridgehead atoms. The number of hydrogen-bond donors (Lipinski definition) is 3. The van der Waals surface area contributed by atoms with Crippen molar-refractivity contribution < 1.29 is 32.4 Å². The molecule has 2 amide bonds. The molecule has 0 fully saturated rings. The summed E-state index contributed by atoms with van der Waals surface area (Å²) in [7, 11) is 1.70. The third-order valence-corrected chi connectivity index (χ3v) is 3.97. The normalized spacial score (nSPS) is 13.3. The fourth-order valence-corrected chi connectivity index (χ4v) is 2.67. The lowest BCUT2D eigenvalue weighted by Crippen LogP contribution is -3.11. The van der Waals surface area contributed by atoms with Crippen LogP contribution < -0.4 is 20.3 Å². The highest BCUT2D eigenvalue weighted by molar-refractivity contribution is 5.91. The molecule has 1 unspecified atom stereocenters. The van der Waals surface area contributed by atoms with Crippen molar-refractivity contribution in [3.63, 3.8) is 0 Å². The minimum absolute atomic E-state index is 0.0218. The zero-order valence-electron chi connectivity index (χ0n) is 16.0. The average molecular weight is 410 g/mol. The molecule has 156 valence electrons. The molecule has 2 atom stereocenters. The molecular weight excluding hydrogens is 387 g/mol. The highest BCUT2D eigenvalue weighted by Gasteiger charge is 2.31. The van der Waals surface area contributed by atoms with Crippen LogP contribution in [0.1, 0.15) is 18.5 Å². The highest BCUT2D eigenvalue weighted by atomic mass is 19.4. The number of amides is 2. The summed E-state index contributed by atoms with van der Waals surface area (Å²) in [5, 5.41) is 5.45. The van der Waals surface area contributed by atoms with Crippen LogP contribution in [-0.2, 0) is 9.59 Å². The maximum atomic E-state index is 12.2. The Bertz CT molecular complexity index is 811. The number of carbonyl (C=O) groups excluding carboxylic acids is 2. The number of rotatable bonds is 8. The third kappa shape index (κ3) is 8.22. The number of carbonyl (C=O) groups is 2. The van der Waals surface area contributed by atoms with Crippen molar-refractivity contribution in [3.8, 4) is 5.75 Å². The van der Waals surface area contributed by atoms with Crippen molar-refractivity contribution in [3.05, 3.63) is 60.2 Å². The molecule has 2 aromatic rings. The van der Waals surface area contributed by atoms with E-state index in [4.69, 9.17) is 0 Å². The number of benzene rings is 2. The smallest absolute Gasteiger partial charge is 0.406 e. The summed E-state index contributed by atoms with van der Waals surface area (Å²) in [6, 6.07) is 14.2. The Hall–Kier alpha value is -3.07. The molecule has 2 rings (SSSR count). The number of anilines is 1. The molecule has 0 aliphatic heterocycles. The first-order valence-electron chi connectivity index (χ1n) is 8.93. The van der Waals surface area contributed by atoms with Crippen molar-refractivity contribution in [2.75, 3.05) is 25.5 Å². The summed E-state index contributed by atoms with van der Waals surface area (Å²) in [5.41, 5.74) is 1.31. The standard InChI is InChI=1S/C20H22F3N3O3/c1-14(15-6-4-3-5-7-15)24-18(27)12-26(2)13-19(28)25-16-8-10-17(11-9-16)29-20(21,22)23/h3-11,14H,12-13H2,1-2H3,(H,24,27)(H,25,28)/p+1/t14-/m1/s1. The maximum Gasteiger partial charge on any atom is 0.573 e. The van der Waals surface area contributed by atoms with E-state index in [0.29, 0.717) is 10.6 Å². The van der Waals surface area contributed by atoms with E-state index in [1.54, 1.807) is 7.05 Å². The van der Waals surface area contributed by atoms with E-state index in [-0.39, 0.29) is 36.7 Å². The summed E-state index contributed by atoms with van der Waals surface area (Å²) in [6.45, 7) is 2.00. The van der Waals surface area contributed by atoms with Gasteiger partial charge in [-0.15, -0.1) is 13.2 Å². The number of halogens is 3. The molecule has 2 aromatic carbocycles. The Morgan fingerprint density at radius 1 is 1.00 bits per heavy atom. The van der Waals surface area contributed by atoms with Crippen LogP contribution in [0, 0.1) is 0 Å². The topological polar surface area (TPSA) is 71.9 Å². The second-order valence-electron chi connectivity index (χ2n) is 6.63. The van der Waals surface area contributed by atoms with E-state index in [1.807, 2.05) is 37.3 Å². The van der Waals surface area contributed by atoms with Crippen LogP contribution in [0.4, 0.5) is 18.9 Å². The number of alkyl halides is 3. The number of likely N-dealkylation sites (N-methyl/N-ethyl adjacent to an activating group) is 1. The first-order valence-corrected chi connectivity index (χ1v) is 8.93. The second-order valence-corrected chi connectivity index (χ2v) is 6.63. The quantitative estimate of drug-likeness (QED) is 0.623. The van der Waals surface area contributed by atoms with Gasteiger partial charge < -0.3 is 20.3 Å². The lowest BCUT2D eigenvalue weighted by atomic mass is 10.1. The first kappa shape index (κ1) is 22.2. The average Bonchev–Trinajstić information content (AvgIpc) is 2.62. The van der Waals surface area contributed by atoms with Crippen LogP contribution in [0.25, 0.3) is 0 Å². The summed E-state index contributed by atoms with van der Waals surface area (Å²) >= 11 is 0. The maximum absolute atomic E-state index is 12.2. The van der Waals surface area contributed by atoms with Crippen molar-refractivity contribution in [2.45, 2.75) is 19.3 Å². The summed E-state index contributed by atoms with van der Waals surface area (Å²) in [5.74, 6) is -0.932. The Balaban J connectivity index is 1.77. The van der Waals surface area contributed by atoms with Gasteiger partial charge in [0.15, 0.2) is 13.1 Å². The van der Waals surface area contributed by atoms with Crippen LogP contribution in [0.2, 0.25) is 0 Å². The second kappa shape index (κ2) is 9.92. The molecule has 0 heterocycles. The fraction of sp³-hybridized carbons (Fsp3) is 0.300. The number of ether oxygens (including phenoxy) is 1. The van der Waals surface area contributed by atoms with Gasteiger partial charge in [-0.2, -0.15) is 0 Å². The summed E-state index contributed by atoms with van der Waals surface area (Å²) in [6.07, 6.45) is -4.77. The number of quaternary nitrogens is 1. The van der Waals surface area contributed by atoms with E-state index in [2.05, 4.69) is 15.4 Å². The minimum Gasteiger partial charge on any atom is -0.406 e. The SMILES string of the molecule is C[C@@H](NC(=O)C[NH+](C)CC(=O)Nc1ccc(OC(F)(F)F)cc1)c1ccccc1. The van der Waals surface area contributed by atoms with Crippen LogP contribution in [-0.4, -0.2) is 38.3 Å². The van der Waals surface area contributed by atoms with E-state index in [0.717, 1.165) is 17.7 Å². The largest absolute Gasteiger partial charge is 0.573 e. The van der Waals surface area contributed by atoms with Gasteiger partial charge in [0.25, 0.3) is 11.8 Å². The predicted molar refractivity (Wildman–Crippen MR) is 101 cm³/mol. The van der Waals surface area contributed by atoms with Gasteiger partial charge >= 0.3 is 6.36 Å². The monoisotopic (exact) mass is 410 g/mol. The molecule has 0 saturated heterocycles. The summed E-state index contributed by atoms with van der Waals surface area (Å²) < 4.78 is 40.2.